The molecule has 1 aliphatic rings. The van der Waals surface area contributed by atoms with Crippen LogP contribution in [0.2, 0.25) is 0 Å². The van der Waals surface area contributed by atoms with Crippen LogP contribution in [0.4, 0.5) is 0 Å². The summed E-state index contributed by atoms with van der Waals surface area (Å²) in [4.78, 5) is 11.0. The minimum Gasteiger partial charge on any atom is -0.373 e. The topological polar surface area (TPSA) is 29.1 Å². The summed E-state index contributed by atoms with van der Waals surface area (Å²) in [6, 6.07) is 0. The Hall–Kier alpha value is -0.440. The quantitative estimate of drug-likeness (QED) is 0.476. The van der Waals surface area contributed by atoms with Gasteiger partial charge in [0.1, 0.15) is 4.99 Å². The first-order chi connectivity index (χ1) is 3.80. The Bertz CT molecular complexity index is 116. The molecule has 0 aromatic carbocycles. The second kappa shape index (κ2) is 2.22. The molecule has 0 saturated carbocycles. The number of ketones is 1. The Balaban J connectivity index is 2.52. The number of hydrogen-bond acceptors (Lipinski definition) is 2. The van der Waals surface area contributed by atoms with Crippen molar-refractivity contribution in [3.05, 3.63) is 0 Å². The molecule has 0 spiro atoms. The third kappa shape index (κ3) is 1.04. The van der Waals surface area contributed by atoms with Crippen molar-refractivity contribution in [1.29, 1.82) is 0 Å². The van der Waals surface area contributed by atoms with Crippen LogP contribution in [0.3, 0.4) is 0 Å². The maximum Gasteiger partial charge on any atom is 0.189 e. The second-order valence-electron chi connectivity index (χ2n) is 1.78. The number of Topliss-reactive ketones (excluding diaryl/α,β-unsaturated/α-hetero) is 1. The number of nitrogens with one attached hydrogen (secondary N) is 1. The van der Waals surface area contributed by atoms with Gasteiger partial charge in [-0.1, -0.05) is 12.2 Å². The monoisotopic (exact) mass is 129 g/mol. The highest BCUT2D eigenvalue weighted by Crippen LogP contribution is 1.96. The van der Waals surface area contributed by atoms with E-state index in [1.165, 1.54) is 0 Å². The van der Waals surface area contributed by atoms with Gasteiger partial charge < -0.3 is 5.32 Å². The van der Waals surface area contributed by atoms with Gasteiger partial charge in [-0.3, -0.25) is 4.79 Å². The SMILES string of the molecule is O=C1CCCNC1=S. The number of carbonyl (C=O) groups excluding carboxylic acids is 1. The summed E-state index contributed by atoms with van der Waals surface area (Å²) in [5.41, 5.74) is 0. The zero-order chi connectivity index (χ0) is 5.98. The maximum atomic E-state index is 10.6. The van der Waals surface area contributed by atoms with E-state index in [0.29, 0.717) is 11.4 Å². The van der Waals surface area contributed by atoms with Crippen LogP contribution in [0.5, 0.6) is 0 Å². The lowest BCUT2D eigenvalue weighted by atomic mass is 10.1. The Kier molecular flexibility index (Phi) is 1.58. The summed E-state index contributed by atoms with van der Waals surface area (Å²) in [6.45, 7) is 0.866. The van der Waals surface area contributed by atoms with E-state index in [0.717, 1.165) is 13.0 Å². The Labute approximate surface area is 53.3 Å². The van der Waals surface area contributed by atoms with E-state index in [1.54, 1.807) is 0 Å². The van der Waals surface area contributed by atoms with Crippen molar-refractivity contribution < 1.29 is 4.79 Å². The molecule has 44 valence electrons. The van der Waals surface area contributed by atoms with Crippen LogP contribution in [0, 0.1) is 0 Å². The zero-order valence-corrected chi connectivity index (χ0v) is 5.25. The molecule has 0 bridgehead atoms. The second-order valence-corrected chi connectivity index (χ2v) is 2.19. The van der Waals surface area contributed by atoms with Crippen LogP contribution < -0.4 is 5.32 Å². The summed E-state index contributed by atoms with van der Waals surface area (Å²) < 4.78 is 0. The molecule has 3 heteroatoms. The summed E-state index contributed by atoms with van der Waals surface area (Å²) >= 11 is 4.67. The molecule has 1 heterocycles. The molecule has 1 N–H and O–H groups in total. The summed E-state index contributed by atoms with van der Waals surface area (Å²) in [5.74, 6) is 0.0891. The molecule has 1 rings (SSSR count). The fourth-order valence-electron chi connectivity index (χ4n) is 0.663. The molecule has 0 amide bonds. The summed E-state index contributed by atoms with van der Waals surface area (Å²) in [5, 5.41) is 2.81. The molecule has 8 heavy (non-hydrogen) atoms. The minimum absolute atomic E-state index is 0.0891. The lowest BCUT2D eigenvalue weighted by Crippen LogP contribution is -2.34. The standard InChI is InChI=1S/C5H7NOS/c7-4-2-1-3-6-5(4)8/h1-3H2,(H,6,8). The normalized spacial score (nSPS) is 20.5. The van der Waals surface area contributed by atoms with Crippen molar-refractivity contribution in [2.24, 2.45) is 0 Å². The van der Waals surface area contributed by atoms with Gasteiger partial charge in [-0.15, -0.1) is 0 Å². The van der Waals surface area contributed by atoms with Gasteiger partial charge in [0.05, 0.1) is 0 Å². The fraction of sp³-hybridized carbons (Fsp3) is 0.600. The minimum atomic E-state index is 0.0891. The Morgan fingerprint density at radius 2 is 2.38 bits per heavy atom. The molecule has 1 saturated heterocycles. The van der Waals surface area contributed by atoms with Crippen molar-refractivity contribution >= 4 is 23.0 Å². The molecular weight excluding hydrogens is 122 g/mol. The van der Waals surface area contributed by atoms with E-state index in [-0.39, 0.29) is 5.78 Å². The van der Waals surface area contributed by atoms with Gasteiger partial charge in [0, 0.05) is 13.0 Å². The molecule has 0 atom stereocenters. The molecule has 2 nitrogen and oxygen atoms in total. The van der Waals surface area contributed by atoms with Gasteiger partial charge in [-0.25, -0.2) is 0 Å². The van der Waals surface area contributed by atoms with Gasteiger partial charge in [0.2, 0.25) is 0 Å². The van der Waals surface area contributed by atoms with Crippen molar-refractivity contribution in [2.75, 3.05) is 6.54 Å². The summed E-state index contributed by atoms with van der Waals surface area (Å²) in [7, 11) is 0. The highest BCUT2D eigenvalue weighted by atomic mass is 32.1. The first-order valence-corrected chi connectivity index (χ1v) is 3.02. The number of thiocarbonyl (C=S) groups is 1. The highest BCUT2D eigenvalue weighted by Gasteiger charge is 2.12. The number of piperidine rings is 1. The third-order valence-corrected chi connectivity index (χ3v) is 1.49. The summed E-state index contributed by atoms with van der Waals surface area (Å²) in [6.07, 6.45) is 1.56. The Morgan fingerprint density at radius 1 is 1.62 bits per heavy atom. The van der Waals surface area contributed by atoms with Gasteiger partial charge in [0.25, 0.3) is 0 Å². The van der Waals surface area contributed by atoms with Crippen molar-refractivity contribution in [3.63, 3.8) is 0 Å². The van der Waals surface area contributed by atoms with Crippen molar-refractivity contribution in [1.82, 2.24) is 5.32 Å². The predicted octanol–water partition coefficient (Wildman–Crippen LogP) is 0.266. The van der Waals surface area contributed by atoms with Gasteiger partial charge in [-0.2, -0.15) is 0 Å². The van der Waals surface area contributed by atoms with Gasteiger partial charge >= 0.3 is 0 Å². The van der Waals surface area contributed by atoms with Crippen LogP contribution in [0.1, 0.15) is 12.8 Å². The lowest BCUT2D eigenvalue weighted by molar-refractivity contribution is -0.113. The van der Waals surface area contributed by atoms with E-state index < -0.39 is 0 Å². The van der Waals surface area contributed by atoms with Gasteiger partial charge in [-0.05, 0) is 6.42 Å². The van der Waals surface area contributed by atoms with Crippen LogP contribution in [-0.2, 0) is 4.79 Å². The van der Waals surface area contributed by atoms with E-state index in [1.807, 2.05) is 0 Å². The van der Waals surface area contributed by atoms with Crippen LogP contribution in [0.15, 0.2) is 0 Å². The molecule has 0 radical (unpaired) electrons. The highest BCUT2D eigenvalue weighted by molar-refractivity contribution is 7.82. The van der Waals surface area contributed by atoms with E-state index in [2.05, 4.69) is 17.5 Å². The number of carbonyl (C=O) groups is 1. The van der Waals surface area contributed by atoms with Gasteiger partial charge in [0.15, 0.2) is 5.78 Å². The Morgan fingerprint density at radius 3 is 2.75 bits per heavy atom. The van der Waals surface area contributed by atoms with Crippen LogP contribution in [0.25, 0.3) is 0 Å². The largest absolute Gasteiger partial charge is 0.373 e. The van der Waals surface area contributed by atoms with E-state index in [4.69, 9.17) is 0 Å². The molecule has 0 unspecified atom stereocenters. The van der Waals surface area contributed by atoms with Crippen LogP contribution >= 0.6 is 12.2 Å². The fourth-order valence-corrected chi connectivity index (χ4v) is 0.867. The third-order valence-electron chi connectivity index (χ3n) is 1.12. The number of hydrogen-bond donors (Lipinski definition) is 1. The number of rotatable bonds is 0. The first-order valence-electron chi connectivity index (χ1n) is 2.62. The van der Waals surface area contributed by atoms with Crippen molar-refractivity contribution in [3.8, 4) is 0 Å². The first kappa shape index (κ1) is 5.69. The molecule has 0 aliphatic carbocycles. The average molecular weight is 129 g/mol. The molecule has 1 aliphatic heterocycles. The van der Waals surface area contributed by atoms with Crippen molar-refractivity contribution in [2.45, 2.75) is 12.8 Å². The zero-order valence-electron chi connectivity index (χ0n) is 4.44. The lowest BCUT2D eigenvalue weighted by Gasteiger charge is -2.10. The van der Waals surface area contributed by atoms with E-state index >= 15 is 0 Å². The molecule has 0 aromatic heterocycles. The average Bonchev–Trinajstić information content (AvgIpc) is 1.77. The molecule has 1 fully saturated rings. The molecular formula is C5H7NOS. The predicted molar refractivity (Wildman–Crippen MR) is 34.8 cm³/mol. The smallest absolute Gasteiger partial charge is 0.189 e. The van der Waals surface area contributed by atoms with E-state index in [9.17, 15) is 4.79 Å². The van der Waals surface area contributed by atoms with Crippen LogP contribution in [-0.4, -0.2) is 17.3 Å². The maximum absolute atomic E-state index is 10.6. The molecule has 0 aromatic rings.